The Morgan fingerprint density at radius 3 is 2.57 bits per heavy atom. The molecule has 1 aromatic carbocycles. The number of nitrogens with zero attached hydrogens (tertiary/aromatic N) is 1. The highest BCUT2D eigenvalue weighted by atomic mass is 19.4. The van der Waals surface area contributed by atoms with Gasteiger partial charge >= 0.3 is 6.18 Å². The highest BCUT2D eigenvalue weighted by Gasteiger charge is 2.28. The fourth-order valence-corrected chi connectivity index (χ4v) is 1.79. The van der Waals surface area contributed by atoms with Crippen LogP contribution in [-0.4, -0.2) is 36.1 Å². The maximum Gasteiger partial charge on any atom is 0.405 e. The lowest BCUT2D eigenvalue weighted by atomic mass is 10.1. The van der Waals surface area contributed by atoms with Gasteiger partial charge in [-0.15, -0.1) is 0 Å². The van der Waals surface area contributed by atoms with Gasteiger partial charge in [0, 0.05) is 18.3 Å². The molecule has 0 atom stereocenters. The zero-order valence-corrected chi connectivity index (χ0v) is 12.1. The van der Waals surface area contributed by atoms with E-state index in [4.69, 9.17) is 5.73 Å². The quantitative estimate of drug-likeness (QED) is 0.792. The molecule has 1 aromatic rings. The second-order valence-corrected chi connectivity index (χ2v) is 5.14. The summed E-state index contributed by atoms with van der Waals surface area (Å²) in [7, 11) is 0. The number of benzene rings is 1. The van der Waals surface area contributed by atoms with Crippen LogP contribution in [0.25, 0.3) is 0 Å². The van der Waals surface area contributed by atoms with Gasteiger partial charge in [-0.3, -0.25) is 9.69 Å². The number of hydrogen-bond acceptors (Lipinski definition) is 3. The van der Waals surface area contributed by atoms with Crippen LogP contribution >= 0.6 is 0 Å². The molecule has 0 radical (unpaired) electrons. The van der Waals surface area contributed by atoms with E-state index in [0.717, 1.165) is 5.56 Å². The summed E-state index contributed by atoms with van der Waals surface area (Å²) in [6.07, 6.45) is -4.40. The number of rotatable bonds is 6. The third-order valence-corrected chi connectivity index (χ3v) is 2.90. The zero-order chi connectivity index (χ0) is 16.0. The first-order chi connectivity index (χ1) is 9.67. The number of halogens is 3. The first kappa shape index (κ1) is 17.3. The van der Waals surface area contributed by atoms with Gasteiger partial charge in [0.05, 0.1) is 6.54 Å². The van der Waals surface area contributed by atoms with Crippen molar-refractivity contribution in [2.24, 2.45) is 0 Å². The molecule has 21 heavy (non-hydrogen) atoms. The van der Waals surface area contributed by atoms with Crippen LogP contribution in [0.15, 0.2) is 24.3 Å². The van der Waals surface area contributed by atoms with Crippen molar-refractivity contribution in [1.82, 2.24) is 10.2 Å². The molecule has 3 N–H and O–H groups in total. The Balaban J connectivity index is 2.60. The van der Waals surface area contributed by atoms with Crippen molar-refractivity contribution < 1.29 is 18.0 Å². The molecular weight excluding hydrogens is 283 g/mol. The molecule has 4 nitrogen and oxygen atoms in total. The van der Waals surface area contributed by atoms with Gasteiger partial charge in [0.2, 0.25) is 5.91 Å². The van der Waals surface area contributed by atoms with Crippen molar-refractivity contribution in [3.8, 4) is 0 Å². The third-order valence-electron chi connectivity index (χ3n) is 2.90. The van der Waals surface area contributed by atoms with E-state index in [1.165, 1.54) is 0 Å². The smallest absolute Gasteiger partial charge is 0.399 e. The summed E-state index contributed by atoms with van der Waals surface area (Å²) in [6, 6.07) is 7.21. The summed E-state index contributed by atoms with van der Waals surface area (Å²) in [4.78, 5) is 13.4. The van der Waals surface area contributed by atoms with E-state index < -0.39 is 18.6 Å². The molecule has 0 aliphatic heterocycles. The monoisotopic (exact) mass is 303 g/mol. The van der Waals surface area contributed by atoms with Gasteiger partial charge in [-0.05, 0) is 31.5 Å². The summed E-state index contributed by atoms with van der Waals surface area (Å²) >= 11 is 0. The van der Waals surface area contributed by atoms with E-state index >= 15 is 0 Å². The molecular formula is C14H20F3N3O. The molecule has 1 rings (SSSR count). The molecule has 0 bridgehead atoms. The molecule has 0 spiro atoms. The first-order valence-electron chi connectivity index (χ1n) is 6.59. The van der Waals surface area contributed by atoms with Crippen LogP contribution < -0.4 is 11.1 Å². The number of amides is 1. The molecule has 0 heterocycles. The molecule has 0 saturated carbocycles. The Kier molecular flexibility index (Phi) is 6.02. The molecule has 0 saturated heterocycles. The van der Waals surface area contributed by atoms with Crippen LogP contribution in [0.5, 0.6) is 0 Å². The van der Waals surface area contributed by atoms with Crippen LogP contribution in [0.4, 0.5) is 18.9 Å². The lowest BCUT2D eigenvalue weighted by Gasteiger charge is -2.26. The van der Waals surface area contributed by atoms with Gasteiger partial charge in [-0.1, -0.05) is 12.1 Å². The van der Waals surface area contributed by atoms with Crippen LogP contribution in [0.2, 0.25) is 0 Å². The Hall–Kier alpha value is -1.76. The highest BCUT2D eigenvalue weighted by Crippen LogP contribution is 2.13. The van der Waals surface area contributed by atoms with E-state index in [1.807, 2.05) is 25.2 Å². The van der Waals surface area contributed by atoms with Crippen molar-refractivity contribution in [1.29, 1.82) is 0 Å². The third kappa shape index (κ3) is 6.99. The number of anilines is 1. The molecule has 0 aliphatic rings. The van der Waals surface area contributed by atoms with Crippen LogP contribution in [0.3, 0.4) is 0 Å². The lowest BCUT2D eigenvalue weighted by molar-refractivity contribution is -0.139. The maximum absolute atomic E-state index is 12.1. The topological polar surface area (TPSA) is 58.4 Å². The minimum atomic E-state index is -4.40. The summed E-state index contributed by atoms with van der Waals surface area (Å²) in [5.41, 5.74) is 7.20. The average molecular weight is 303 g/mol. The molecule has 7 heteroatoms. The van der Waals surface area contributed by atoms with E-state index in [1.54, 1.807) is 23.1 Å². The molecule has 118 valence electrons. The number of nitrogens with one attached hydrogen (secondary N) is 1. The summed E-state index contributed by atoms with van der Waals surface area (Å²) in [6.45, 7) is 2.80. The predicted molar refractivity (Wildman–Crippen MR) is 75.5 cm³/mol. The summed E-state index contributed by atoms with van der Waals surface area (Å²) in [5, 5.41) is 1.87. The fraction of sp³-hybridized carbons (Fsp3) is 0.500. The number of carbonyl (C=O) groups excluding carboxylic acids is 1. The summed E-state index contributed by atoms with van der Waals surface area (Å²) in [5.74, 6) is -0.648. The number of nitrogens with two attached hydrogens (primary N) is 1. The number of carbonyl (C=O) groups is 1. The molecule has 1 amide bonds. The van der Waals surface area contributed by atoms with Crippen molar-refractivity contribution in [2.45, 2.75) is 32.6 Å². The van der Waals surface area contributed by atoms with Crippen molar-refractivity contribution in [3.63, 3.8) is 0 Å². The molecule has 0 aromatic heterocycles. The first-order valence-corrected chi connectivity index (χ1v) is 6.59. The van der Waals surface area contributed by atoms with Crippen molar-refractivity contribution in [3.05, 3.63) is 29.8 Å². The van der Waals surface area contributed by atoms with Crippen molar-refractivity contribution in [2.75, 3.05) is 18.8 Å². The molecule has 0 unspecified atom stereocenters. The second kappa shape index (κ2) is 7.31. The molecule has 0 fully saturated rings. The standard InChI is InChI=1S/C14H20F3N3O/c1-10(2)20(7-11-4-3-5-12(18)6-11)8-13(21)19-9-14(15,16)17/h3-6,10H,7-9,18H2,1-2H3,(H,19,21). The zero-order valence-electron chi connectivity index (χ0n) is 12.1. The lowest BCUT2D eigenvalue weighted by Crippen LogP contribution is -2.43. The Bertz CT molecular complexity index is 475. The Morgan fingerprint density at radius 1 is 1.38 bits per heavy atom. The van der Waals surface area contributed by atoms with E-state index in [-0.39, 0.29) is 12.6 Å². The van der Waals surface area contributed by atoms with Crippen molar-refractivity contribution >= 4 is 11.6 Å². The average Bonchev–Trinajstić information content (AvgIpc) is 2.34. The minimum Gasteiger partial charge on any atom is -0.399 e. The largest absolute Gasteiger partial charge is 0.405 e. The SMILES string of the molecule is CC(C)N(CC(=O)NCC(F)(F)F)Cc1cccc(N)c1. The van der Waals surface area contributed by atoms with E-state index in [2.05, 4.69) is 0 Å². The van der Waals surface area contributed by atoms with Gasteiger partial charge in [0.1, 0.15) is 6.54 Å². The van der Waals surface area contributed by atoms with Crippen LogP contribution in [0, 0.1) is 0 Å². The number of hydrogen-bond donors (Lipinski definition) is 2. The predicted octanol–water partition coefficient (Wildman–Crippen LogP) is 2.16. The highest BCUT2D eigenvalue weighted by molar-refractivity contribution is 5.78. The summed E-state index contributed by atoms with van der Waals surface area (Å²) < 4.78 is 36.2. The maximum atomic E-state index is 12.1. The van der Waals surface area contributed by atoms with Gasteiger partial charge in [-0.2, -0.15) is 13.2 Å². The van der Waals surface area contributed by atoms with Gasteiger partial charge in [0.25, 0.3) is 0 Å². The van der Waals surface area contributed by atoms with Crippen LogP contribution in [0.1, 0.15) is 19.4 Å². The second-order valence-electron chi connectivity index (χ2n) is 5.14. The van der Waals surface area contributed by atoms with Gasteiger partial charge in [0.15, 0.2) is 0 Å². The minimum absolute atomic E-state index is 0.0167. The Morgan fingerprint density at radius 2 is 2.05 bits per heavy atom. The Labute approximate surface area is 122 Å². The number of alkyl halides is 3. The normalized spacial score (nSPS) is 12.0. The van der Waals surface area contributed by atoms with Gasteiger partial charge < -0.3 is 11.1 Å². The van der Waals surface area contributed by atoms with Gasteiger partial charge in [-0.25, -0.2) is 0 Å². The van der Waals surface area contributed by atoms with Crippen LogP contribution in [-0.2, 0) is 11.3 Å². The molecule has 0 aliphatic carbocycles. The van der Waals surface area contributed by atoms with E-state index in [9.17, 15) is 18.0 Å². The number of nitrogen functional groups attached to an aromatic ring is 1. The van der Waals surface area contributed by atoms with E-state index in [0.29, 0.717) is 12.2 Å². The fourth-order valence-electron chi connectivity index (χ4n) is 1.79.